The lowest BCUT2D eigenvalue weighted by Crippen LogP contribution is -2.03. The minimum atomic E-state index is 0.626. The maximum atomic E-state index is 6.21. The van der Waals surface area contributed by atoms with Gasteiger partial charge in [-0.1, -0.05) is 17.7 Å². The first-order chi connectivity index (χ1) is 8.76. The van der Waals surface area contributed by atoms with Crippen LogP contribution in [0.15, 0.2) is 30.6 Å². The van der Waals surface area contributed by atoms with Crippen molar-refractivity contribution in [3.8, 4) is 16.9 Å². The first-order valence-corrected chi connectivity index (χ1v) is 5.98. The number of ether oxygens (including phenoxy) is 2. The van der Waals surface area contributed by atoms with E-state index in [1.807, 2.05) is 29.1 Å². The molecule has 2 aromatic rings. The van der Waals surface area contributed by atoms with E-state index in [1.54, 1.807) is 20.4 Å². The average Bonchev–Trinajstić information content (AvgIpc) is 2.84. The van der Waals surface area contributed by atoms with Crippen LogP contribution in [-0.4, -0.2) is 30.6 Å². The smallest absolute Gasteiger partial charge is 0.128 e. The molecule has 1 aromatic carbocycles. The fraction of sp³-hybridized carbons (Fsp3) is 0.308. The molecule has 0 aliphatic rings. The van der Waals surface area contributed by atoms with Crippen molar-refractivity contribution < 1.29 is 9.47 Å². The molecule has 0 atom stereocenters. The maximum Gasteiger partial charge on any atom is 0.128 e. The van der Waals surface area contributed by atoms with Crippen LogP contribution in [0, 0.1) is 0 Å². The molecular formula is C13H15ClN2O2. The normalized spacial score (nSPS) is 10.6. The van der Waals surface area contributed by atoms with Gasteiger partial charge in [0.15, 0.2) is 0 Å². The lowest BCUT2D eigenvalue weighted by atomic mass is 10.1. The number of halogens is 1. The molecule has 96 valence electrons. The Morgan fingerprint density at radius 3 is 2.89 bits per heavy atom. The molecule has 1 aromatic heterocycles. The third-order valence-electron chi connectivity index (χ3n) is 2.64. The summed E-state index contributed by atoms with van der Waals surface area (Å²) in [6.45, 7) is 1.34. The van der Waals surface area contributed by atoms with Gasteiger partial charge in [-0.3, -0.25) is 4.68 Å². The van der Waals surface area contributed by atoms with E-state index < -0.39 is 0 Å². The van der Waals surface area contributed by atoms with Crippen LogP contribution < -0.4 is 4.74 Å². The molecule has 4 nitrogen and oxygen atoms in total. The summed E-state index contributed by atoms with van der Waals surface area (Å²) in [7, 11) is 3.30. The Bertz CT molecular complexity index is 525. The largest absolute Gasteiger partial charge is 0.496 e. The second-order valence-electron chi connectivity index (χ2n) is 3.80. The van der Waals surface area contributed by atoms with E-state index in [1.165, 1.54) is 0 Å². The molecule has 0 bridgehead atoms. The van der Waals surface area contributed by atoms with Crippen molar-refractivity contribution in [2.45, 2.75) is 6.54 Å². The van der Waals surface area contributed by atoms with Gasteiger partial charge in [-0.15, -0.1) is 0 Å². The van der Waals surface area contributed by atoms with Crippen LogP contribution in [-0.2, 0) is 11.3 Å². The highest BCUT2D eigenvalue weighted by atomic mass is 35.5. The van der Waals surface area contributed by atoms with Crippen molar-refractivity contribution in [1.82, 2.24) is 9.78 Å². The highest BCUT2D eigenvalue weighted by Gasteiger charge is 2.11. The Morgan fingerprint density at radius 1 is 1.33 bits per heavy atom. The molecule has 0 amide bonds. The number of benzene rings is 1. The number of aromatic nitrogens is 2. The lowest BCUT2D eigenvalue weighted by Gasteiger charge is -2.08. The SMILES string of the molecule is COCCn1cc(-c2c(Cl)cccc2OC)cn1. The molecule has 1 heterocycles. The molecule has 5 heteroatoms. The molecule has 0 spiro atoms. The van der Waals surface area contributed by atoms with Crippen LogP contribution in [0.4, 0.5) is 0 Å². The highest BCUT2D eigenvalue weighted by molar-refractivity contribution is 6.33. The Hall–Kier alpha value is -1.52. The summed E-state index contributed by atoms with van der Waals surface area (Å²) in [4.78, 5) is 0. The van der Waals surface area contributed by atoms with E-state index in [0.717, 1.165) is 16.9 Å². The summed E-state index contributed by atoms with van der Waals surface area (Å²) in [6.07, 6.45) is 3.71. The van der Waals surface area contributed by atoms with Crippen LogP contribution in [0.1, 0.15) is 0 Å². The second kappa shape index (κ2) is 5.89. The molecule has 0 saturated heterocycles. The van der Waals surface area contributed by atoms with Crippen molar-refractivity contribution in [3.05, 3.63) is 35.6 Å². The van der Waals surface area contributed by atoms with Gasteiger partial charge in [-0.05, 0) is 12.1 Å². The molecule has 0 radical (unpaired) electrons. The predicted molar refractivity (Wildman–Crippen MR) is 71.1 cm³/mol. The quantitative estimate of drug-likeness (QED) is 0.835. The Balaban J connectivity index is 2.33. The summed E-state index contributed by atoms with van der Waals surface area (Å²) >= 11 is 6.21. The summed E-state index contributed by atoms with van der Waals surface area (Å²) in [5.41, 5.74) is 1.80. The fourth-order valence-corrected chi connectivity index (χ4v) is 2.03. The summed E-state index contributed by atoms with van der Waals surface area (Å²) in [5, 5.41) is 4.92. The molecule has 0 aliphatic carbocycles. The predicted octanol–water partition coefficient (Wildman–Crippen LogP) is 2.86. The van der Waals surface area contributed by atoms with E-state index in [-0.39, 0.29) is 0 Å². The zero-order valence-corrected chi connectivity index (χ0v) is 11.1. The van der Waals surface area contributed by atoms with Crippen molar-refractivity contribution >= 4 is 11.6 Å². The number of hydrogen-bond acceptors (Lipinski definition) is 3. The standard InChI is InChI=1S/C13H15ClN2O2/c1-17-7-6-16-9-10(8-15-16)13-11(14)4-3-5-12(13)18-2/h3-5,8-9H,6-7H2,1-2H3. The maximum absolute atomic E-state index is 6.21. The third kappa shape index (κ3) is 2.66. The van der Waals surface area contributed by atoms with Gasteiger partial charge in [-0.25, -0.2) is 0 Å². The van der Waals surface area contributed by atoms with E-state index in [0.29, 0.717) is 18.2 Å². The molecule has 0 N–H and O–H groups in total. The zero-order chi connectivity index (χ0) is 13.0. The average molecular weight is 267 g/mol. The molecule has 2 rings (SSSR count). The van der Waals surface area contributed by atoms with E-state index in [4.69, 9.17) is 21.1 Å². The van der Waals surface area contributed by atoms with Crippen molar-refractivity contribution in [2.24, 2.45) is 0 Å². The first-order valence-electron chi connectivity index (χ1n) is 5.60. The number of rotatable bonds is 5. The summed E-state index contributed by atoms with van der Waals surface area (Å²) in [5.74, 6) is 0.744. The van der Waals surface area contributed by atoms with Gasteiger partial charge >= 0.3 is 0 Å². The number of methoxy groups -OCH3 is 2. The number of hydrogen-bond donors (Lipinski definition) is 0. The molecule has 0 saturated carbocycles. The minimum Gasteiger partial charge on any atom is -0.496 e. The van der Waals surface area contributed by atoms with Crippen LogP contribution in [0.2, 0.25) is 5.02 Å². The summed E-state index contributed by atoms with van der Waals surface area (Å²) in [6, 6.07) is 5.58. The fourth-order valence-electron chi connectivity index (χ4n) is 1.75. The van der Waals surface area contributed by atoms with Gasteiger partial charge in [0.2, 0.25) is 0 Å². The van der Waals surface area contributed by atoms with Crippen LogP contribution in [0.25, 0.3) is 11.1 Å². The van der Waals surface area contributed by atoms with Crippen LogP contribution in [0.5, 0.6) is 5.75 Å². The van der Waals surface area contributed by atoms with Gasteiger partial charge in [0.1, 0.15) is 5.75 Å². The third-order valence-corrected chi connectivity index (χ3v) is 2.96. The Labute approximate surface area is 111 Å². The van der Waals surface area contributed by atoms with Gasteiger partial charge < -0.3 is 9.47 Å². The Morgan fingerprint density at radius 2 is 2.17 bits per heavy atom. The zero-order valence-electron chi connectivity index (χ0n) is 10.4. The van der Waals surface area contributed by atoms with Gasteiger partial charge in [0, 0.05) is 24.4 Å². The van der Waals surface area contributed by atoms with Crippen molar-refractivity contribution in [1.29, 1.82) is 0 Å². The summed E-state index contributed by atoms with van der Waals surface area (Å²) < 4.78 is 12.2. The minimum absolute atomic E-state index is 0.626. The molecule has 0 unspecified atom stereocenters. The van der Waals surface area contributed by atoms with Gasteiger partial charge in [-0.2, -0.15) is 5.10 Å². The van der Waals surface area contributed by atoms with Crippen molar-refractivity contribution in [3.63, 3.8) is 0 Å². The van der Waals surface area contributed by atoms with Gasteiger partial charge in [0.05, 0.1) is 31.5 Å². The second-order valence-corrected chi connectivity index (χ2v) is 4.21. The monoisotopic (exact) mass is 266 g/mol. The van der Waals surface area contributed by atoms with Gasteiger partial charge in [0.25, 0.3) is 0 Å². The topological polar surface area (TPSA) is 36.3 Å². The molecule has 18 heavy (non-hydrogen) atoms. The Kier molecular flexibility index (Phi) is 4.23. The highest BCUT2D eigenvalue weighted by Crippen LogP contribution is 2.35. The number of nitrogens with zero attached hydrogens (tertiary/aromatic N) is 2. The first kappa shape index (κ1) is 12.9. The molecular weight excluding hydrogens is 252 g/mol. The van der Waals surface area contributed by atoms with E-state index >= 15 is 0 Å². The van der Waals surface area contributed by atoms with Crippen LogP contribution in [0.3, 0.4) is 0 Å². The molecule has 0 aliphatic heterocycles. The van der Waals surface area contributed by atoms with Crippen LogP contribution >= 0.6 is 11.6 Å². The molecule has 0 fully saturated rings. The van der Waals surface area contributed by atoms with E-state index in [2.05, 4.69) is 5.10 Å². The van der Waals surface area contributed by atoms with Crippen molar-refractivity contribution in [2.75, 3.05) is 20.8 Å². The van der Waals surface area contributed by atoms with E-state index in [9.17, 15) is 0 Å². The lowest BCUT2D eigenvalue weighted by molar-refractivity contribution is 0.183.